The molecular weight excluding hydrogens is 272 g/mol. The molecule has 5 nitrogen and oxygen atoms in total. The first-order valence-corrected chi connectivity index (χ1v) is 6.90. The van der Waals surface area contributed by atoms with E-state index in [1.807, 2.05) is 13.0 Å². The van der Waals surface area contributed by atoms with Gasteiger partial charge in [-0.25, -0.2) is 9.97 Å². The monoisotopic (exact) mass is 284 g/mol. The maximum Gasteiger partial charge on any atom is 0.277 e. The summed E-state index contributed by atoms with van der Waals surface area (Å²) in [5, 5.41) is 3.32. The summed E-state index contributed by atoms with van der Waals surface area (Å²) in [5.74, 6) is -0.300. The third-order valence-corrected chi connectivity index (χ3v) is 3.95. The van der Waals surface area contributed by atoms with Crippen molar-refractivity contribution in [3.63, 3.8) is 0 Å². The van der Waals surface area contributed by atoms with Gasteiger partial charge in [-0.15, -0.1) is 0 Å². The Hall–Kier alpha value is -2.34. The zero-order chi connectivity index (χ0) is 14.1. The van der Waals surface area contributed by atoms with Crippen LogP contribution >= 0.6 is 11.3 Å². The highest BCUT2D eigenvalue weighted by Crippen LogP contribution is 2.28. The van der Waals surface area contributed by atoms with Crippen LogP contribution in [0.2, 0.25) is 0 Å². The van der Waals surface area contributed by atoms with E-state index in [9.17, 15) is 4.79 Å². The summed E-state index contributed by atoms with van der Waals surface area (Å²) >= 11 is 1.45. The minimum absolute atomic E-state index is 0.277. The first-order chi connectivity index (χ1) is 9.63. The molecule has 3 rings (SSSR count). The average molecular weight is 284 g/mol. The van der Waals surface area contributed by atoms with Crippen molar-refractivity contribution < 1.29 is 4.79 Å². The van der Waals surface area contributed by atoms with Crippen molar-refractivity contribution >= 4 is 32.6 Å². The molecule has 3 aromatic rings. The number of hydrogen-bond donors (Lipinski definition) is 1. The molecule has 100 valence electrons. The quantitative estimate of drug-likeness (QED) is 0.785. The number of nitrogens with one attached hydrogen (secondary N) is 1. The van der Waals surface area contributed by atoms with Gasteiger partial charge < -0.3 is 0 Å². The predicted molar refractivity (Wildman–Crippen MR) is 79.1 cm³/mol. The number of thiazole rings is 1. The second-order valence-corrected chi connectivity index (χ2v) is 5.50. The number of rotatable bonds is 2. The summed E-state index contributed by atoms with van der Waals surface area (Å²) < 4.78 is 1.06. The molecule has 1 amide bonds. The topological polar surface area (TPSA) is 67.8 Å². The minimum Gasteiger partial charge on any atom is -0.296 e. The maximum absolute atomic E-state index is 12.0. The summed E-state index contributed by atoms with van der Waals surface area (Å²) in [7, 11) is 0. The van der Waals surface area contributed by atoms with Crippen LogP contribution in [0, 0.1) is 13.8 Å². The average Bonchev–Trinajstić information content (AvgIpc) is 2.81. The first-order valence-electron chi connectivity index (χ1n) is 6.08. The molecule has 0 unspecified atom stereocenters. The number of carbonyl (C=O) groups is 1. The van der Waals surface area contributed by atoms with E-state index in [1.54, 1.807) is 0 Å². The molecule has 2 heterocycles. The molecule has 0 bridgehead atoms. The second-order valence-electron chi connectivity index (χ2n) is 4.47. The summed E-state index contributed by atoms with van der Waals surface area (Å²) in [5.41, 5.74) is 3.58. The Morgan fingerprint density at radius 3 is 2.75 bits per heavy atom. The molecule has 6 heteroatoms. The van der Waals surface area contributed by atoms with E-state index in [-0.39, 0.29) is 11.6 Å². The van der Waals surface area contributed by atoms with Crippen molar-refractivity contribution in [2.75, 3.05) is 5.32 Å². The van der Waals surface area contributed by atoms with E-state index >= 15 is 0 Å². The Morgan fingerprint density at radius 2 is 2.00 bits per heavy atom. The van der Waals surface area contributed by atoms with Crippen LogP contribution in [0.4, 0.5) is 5.13 Å². The van der Waals surface area contributed by atoms with Gasteiger partial charge in [0, 0.05) is 12.4 Å². The van der Waals surface area contributed by atoms with E-state index in [1.165, 1.54) is 41.1 Å². The molecule has 0 spiro atoms. The van der Waals surface area contributed by atoms with Gasteiger partial charge in [0.05, 0.1) is 16.4 Å². The van der Waals surface area contributed by atoms with Crippen LogP contribution in [0.3, 0.4) is 0 Å². The van der Waals surface area contributed by atoms with Gasteiger partial charge in [0.25, 0.3) is 5.91 Å². The van der Waals surface area contributed by atoms with Crippen LogP contribution < -0.4 is 5.32 Å². The van der Waals surface area contributed by atoms with Gasteiger partial charge in [-0.3, -0.25) is 15.1 Å². The number of aryl methyl sites for hydroxylation is 2. The fraction of sp³-hybridized carbons (Fsp3) is 0.143. The number of amides is 1. The van der Waals surface area contributed by atoms with Gasteiger partial charge in [0.1, 0.15) is 5.69 Å². The van der Waals surface area contributed by atoms with E-state index < -0.39 is 0 Å². The highest BCUT2D eigenvalue weighted by Gasteiger charge is 2.11. The molecule has 0 saturated carbocycles. The molecule has 0 aliphatic heterocycles. The molecule has 1 aromatic carbocycles. The lowest BCUT2D eigenvalue weighted by Gasteiger charge is -1.98. The smallest absolute Gasteiger partial charge is 0.277 e. The van der Waals surface area contributed by atoms with E-state index in [2.05, 4.69) is 33.3 Å². The van der Waals surface area contributed by atoms with Gasteiger partial charge in [0.2, 0.25) is 0 Å². The molecule has 0 atom stereocenters. The Balaban J connectivity index is 1.90. The second kappa shape index (κ2) is 4.97. The zero-order valence-corrected chi connectivity index (χ0v) is 11.9. The summed E-state index contributed by atoms with van der Waals surface area (Å²) in [4.78, 5) is 24.2. The van der Waals surface area contributed by atoms with Crippen molar-refractivity contribution in [1.82, 2.24) is 15.0 Å². The van der Waals surface area contributed by atoms with Gasteiger partial charge in [-0.2, -0.15) is 0 Å². The molecule has 2 aromatic heterocycles. The molecule has 0 saturated heterocycles. The van der Waals surface area contributed by atoms with Crippen LogP contribution in [-0.2, 0) is 0 Å². The lowest BCUT2D eigenvalue weighted by Crippen LogP contribution is -2.13. The van der Waals surface area contributed by atoms with Gasteiger partial charge in [-0.05, 0) is 37.1 Å². The molecule has 0 aliphatic rings. The van der Waals surface area contributed by atoms with Crippen LogP contribution in [0.15, 0.2) is 30.7 Å². The van der Waals surface area contributed by atoms with E-state index in [4.69, 9.17) is 0 Å². The van der Waals surface area contributed by atoms with E-state index in [0.29, 0.717) is 5.13 Å². The fourth-order valence-electron chi connectivity index (χ4n) is 1.81. The SMILES string of the molecule is Cc1cc2nc(NC(=O)c3cnccn3)sc2cc1C. The molecule has 0 aliphatic carbocycles. The summed E-state index contributed by atoms with van der Waals surface area (Å²) in [6.07, 6.45) is 4.44. The number of carbonyl (C=O) groups excluding carboxylic acids is 1. The Labute approximate surface area is 119 Å². The molecule has 1 N–H and O–H groups in total. The number of anilines is 1. The Morgan fingerprint density at radius 1 is 1.20 bits per heavy atom. The third kappa shape index (κ3) is 2.37. The number of nitrogens with zero attached hydrogens (tertiary/aromatic N) is 3. The number of fused-ring (bicyclic) bond motifs is 1. The number of benzene rings is 1. The standard InChI is InChI=1S/C14H12N4OS/c1-8-5-10-12(6-9(8)2)20-14(17-10)18-13(19)11-7-15-3-4-16-11/h3-7H,1-2H3,(H,17,18,19). The number of aromatic nitrogens is 3. The van der Waals surface area contributed by atoms with Gasteiger partial charge in [0.15, 0.2) is 5.13 Å². The predicted octanol–water partition coefficient (Wildman–Crippen LogP) is 2.96. The van der Waals surface area contributed by atoms with E-state index in [0.717, 1.165) is 10.2 Å². The van der Waals surface area contributed by atoms with Crippen LogP contribution in [0.25, 0.3) is 10.2 Å². The van der Waals surface area contributed by atoms with Crippen molar-refractivity contribution in [3.8, 4) is 0 Å². The molecule has 20 heavy (non-hydrogen) atoms. The Kier molecular flexibility index (Phi) is 3.15. The van der Waals surface area contributed by atoms with Gasteiger partial charge >= 0.3 is 0 Å². The summed E-state index contributed by atoms with van der Waals surface area (Å²) in [6.45, 7) is 4.11. The molecular formula is C14H12N4OS. The van der Waals surface area contributed by atoms with Crippen molar-refractivity contribution in [2.45, 2.75) is 13.8 Å². The fourth-order valence-corrected chi connectivity index (χ4v) is 2.75. The van der Waals surface area contributed by atoms with Crippen molar-refractivity contribution in [1.29, 1.82) is 0 Å². The van der Waals surface area contributed by atoms with Crippen molar-refractivity contribution in [3.05, 3.63) is 47.5 Å². The third-order valence-electron chi connectivity index (χ3n) is 3.02. The lowest BCUT2D eigenvalue weighted by atomic mass is 10.1. The summed E-state index contributed by atoms with van der Waals surface area (Å²) in [6, 6.07) is 4.11. The van der Waals surface area contributed by atoms with Gasteiger partial charge in [-0.1, -0.05) is 11.3 Å². The van der Waals surface area contributed by atoms with Crippen molar-refractivity contribution in [2.24, 2.45) is 0 Å². The number of hydrogen-bond acceptors (Lipinski definition) is 5. The largest absolute Gasteiger partial charge is 0.296 e. The first kappa shape index (κ1) is 12.7. The minimum atomic E-state index is -0.300. The highest BCUT2D eigenvalue weighted by atomic mass is 32.1. The zero-order valence-electron chi connectivity index (χ0n) is 11.0. The van der Waals surface area contributed by atoms with Crippen LogP contribution in [0.1, 0.15) is 21.6 Å². The maximum atomic E-state index is 12.0. The normalized spacial score (nSPS) is 10.7. The van der Waals surface area contributed by atoms with Crippen LogP contribution in [0.5, 0.6) is 0 Å². The Bertz CT molecular complexity index is 743. The molecule has 0 radical (unpaired) electrons. The lowest BCUT2D eigenvalue weighted by molar-refractivity contribution is 0.102. The van der Waals surface area contributed by atoms with Crippen LogP contribution in [-0.4, -0.2) is 20.9 Å². The molecule has 0 fully saturated rings. The highest BCUT2D eigenvalue weighted by molar-refractivity contribution is 7.22.